The number of hydrogen-bond donors (Lipinski definition) is 0. The summed E-state index contributed by atoms with van der Waals surface area (Å²) >= 11 is 12.4. The Morgan fingerprint density at radius 1 is 1.40 bits per heavy atom. The van der Waals surface area contributed by atoms with E-state index in [4.69, 9.17) is 23.2 Å². The molecule has 2 aromatic rings. The van der Waals surface area contributed by atoms with Gasteiger partial charge in [-0.25, -0.2) is 9.97 Å². The van der Waals surface area contributed by atoms with E-state index in [-0.39, 0.29) is 5.38 Å². The Morgan fingerprint density at radius 3 is 2.90 bits per heavy atom. The first-order chi connectivity index (χ1) is 9.56. The maximum Gasteiger partial charge on any atom is 0.160 e. The van der Waals surface area contributed by atoms with Gasteiger partial charge in [0.15, 0.2) is 5.65 Å². The van der Waals surface area contributed by atoms with Crippen molar-refractivity contribution in [2.24, 2.45) is 5.92 Å². The van der Waals surface area contributed by atoms with E-state index < -0.39 is 0 Å². The number of halogens is 2. The fourth-order valence-corrected chi connectivity index (χ4v) is 3.56. The fourth-order valence-electron chi connectivity index (χ4n) is 3.25. The summed E-state index contributed by atoms with van der Waals surface area (Å²) in [5.41, 5.74) is 1.76. The molecule has 0 radical (unpaired) electrons. The van der Waals surface area contributed by atoms with E-state index in [9.17, 15) is 0 Å². The molecule has 108 valence electrons. The second-order valence-corrected chi connectivity index (χ2v) is 6.97. The van der Waals surface area contributed by atoms with Crippen molar-refractivity contribution < 1.29 is 0 Å². The third-order valence-corrected chi connectivity index (χ3v) is 4.56. The molecule has 3 rings (SSSR count). The van der Waals surface area contributed by atoms with Crippen LogP contribution in [0.15, 0.2) is 12.3 Å². The monoisotopic (exact) mass is 311 g/mol. The number of alkyl halides is 1. The van der Waals surface area contributed by atoms with Gasteiger partial charge in [-0.2, -0.15) is 0 Å². The van der Waals surface area contributed by atoms with Crippen molar-refractivity contribution >= 4 is 34.4 Å². The summed E-state index contributed by atoms with van der Waals surface area (Å²) < 4.78 is 2.25. The lowest BCUT2D eigenvalue weighted by molar-refractivity contribution is 0.281. The van der Waals surface area contributed by atoms with Crippen LogP contribution >= 0.6 is 23.2 Å². The maximum absolute atomic E-state index is 6.33. The second-order valence-electron chi connectivity index (χ2n) is 5.88. The molecule has 1 aliphatic rings. The minimum absolute atomic E-state index is 0.125. The molecule has 2 heterocycles. The predicted octanol–water partition coefficient (Wildman–Crippen LogP) is 5.14. The predicted molar refractivity (Wildman–Crippen MR) is 83.5 cm³/mol. The molecule has 0 aromatic carbocycles. The van der Waals surface area contributed by atoms with Crippen molar-refractivity contribution in [1.29, 1.82) is 0 Å². The molecule has 1 saturated carbocycles. The first kappa shape index (κ1) is 14.2. The normalized spacial score (nSPS) is 25.0. The molecule has 2 aromatic heterocycles. The minimum atomic E-state index is -0.125. The standard InChI is InChI=1S/C15H19Cl2N3/c1-9-4-3-5-12(6-9)20-14(10(2)16)19-13-7-11(17)8-18-15(13)20/h7-10,12H,3-6H2,1-2H3. The first-order valence-corrected chi connectivity index (χ1v) is 8.05. The van der Waals surface area contributed by atoms with Crippen LogP contribution in [0.1, 0.15) is 56.8 Å². The molecule has 0 aliphatic heterocycles. The van der Waals surface area contributed by atoms with Crippen LogP contribution in [-0.4, -0.2) is 14.5 Å². The van der Waals surface area contributed by atoms with Gasteiger partial charge in [0.1, 0.15) is 11.3 Å². The number of fused-ring (bicyclic) bond motifs is 1. The van der Waals surface area contributed by atoms with Crippen LogP contribution in [0, 0.1) is 5.92 Å². The van der Waals surface area contributed by atoms with E-state index in [1.807, 2.05) is 13.0 Å². The number of nitrogens with zero attached hydrogens (tertiary/aromatic N) is 3. The van der Waals surface area contributed by atoms with E-state index in [0.717, 1.165) is 22.9 Å². The Kier molecular flexibility index (Phi) is 3.91. The summed E-state index contributed by atoms with van der Waals surface area (Å²) in [7, 11) is 0. The molecule has 1 fully saturated rings. The van der Waals surface area contributed by atoms with Gasteiger partial charge in [-0.05, 0) is 31.7 Å². The number of pyridine rings is 1. The molecule has 20 heavy (non-hydrogen) atoms. The molecule has 3 unspecified atom stereocenters. The molecular weight excluding hydrogens is 293 g/mol. The molecule has 0 bridgehead atoms. The molecule has 5 heteroatoms. The molecule has 3 nitrogen and oxygen atoms in total. The third-order valence-electron chi connectivity index (χ3n) is 4.15. The van der Waals surface area contributed by atoms with Crippen molar-refractivity contribution in [3.8, 4) is 0 Å². The summed E-state index contributed by atoms with van der Waals surface area (Å²) in [6, 6.07) is 2.32. The summed E-state index contributed by atoms with van der Waals surface area (Å²) in [5, 5.41) is 0.494. The zero-order valence-corrected chi connectivity index (χ0v) is 13.3. The summed E-state index contributed by atoms with van der Waals surface area (Å²) in [6.45, 7) is 4.28. The highest BCUT2D eigenvalue weighted by Crippen LogP contribution is 2.37. The fraction of sp³-hybridized carbons (Fsp3) is 0.600. The van der Waals surface area contributed by atoms with E-state index in [0.29, 0.717) is 11.1 Å². The van der Waals surface area contributed by atoms with E-state index in [2.05, 4.69) is 21.5 Å². The maximum atomic E-state index is 6.33. The molecule has 0 spiro atoms. The lowest BCUT2D eigenvalue weighted by Gasteiger charge is -2.29. The Bertz CT molecular complexity index is 621. The average molecular weight is 312 g/mol. The van der Waals surface area contributed by atoms with Gasteiger partial charge in [-0.1, -0.05) is 31.4 Å². The van der Waals surface area contributed by atoms with Gasteiger partial charge in [0, 0.05) is 12.2 Å². The van der Waals surface area contributed by atoms with Gasteiger partial charge in [0.05, 0.1) is 10.4 Å². The molecule has 0 N–H and O–H groups in total. The van der Waals surface area contributed by atoms with E-state index >= 15 is 0 Å². The number of hydrogen-bond acceptors (Lipinski definition) is 2. The van der Waals surface area contributed by atoms with Crippen molar-refractivity contribution in [1.82, 2.24) is 14.5 Å². The van der Waals surface area contributed by atoms with Crippen LogP contribution in [0.3, 0.4) is 0 Å². The third kappa shape index (κ3) is 2.53. The molecule has 1 aliphatic carbocycles. The quantitative estimate of drug-likeness (QED) is 0.719. The molecule has 3 atom stereocenters. The number of imidazole rings is 1. The van der Waals surface area contributed by atoms with Crippen molar-refractivity contribution in [3.05, 3.63) is 23.1 Å². The second kappa shape index (κ2) is 5.53. The first-order valence-electron chi connectivity index (χ1n) is 7.23. The van der Waals surface area contributed by atoms with Crippen LogP contribution in [0.25, 0.3) is 11.2 Å². The summed E-state index contributed by atoms with van der Waals surface area (Å²) in [6.07, 6.45) is 6.61. The SMILES string of the molecule is CC1CCCC(n2c(C(C)Cl)nc3cc(Cl)cnc32)C1. The lowest BCUT2D eigenvalue weighted by Crippen LogP contribution is -2.20. The van der Waals surface area contributed by atoms with Gasteiger partial charge >= 0.3 is 0 Å². The van der Waals surface area contributed by atoms with Crippen molar-refractivity contribution in [2.75, 3.05) is 0 Å². The Morgan fingerprint density at radius 2 is 2.20 bits per heavy atom. The lowest BCUT2D eigenvalue weighted by atomic mass is 9.87. The van der Waals surface area contributed by atoms with Gasteiger partial charge in [0.2, 0.25) is 0 Å². The molecular formula is C15H19Cl2N3. The average Bonchev–Trinajstić information content (AvgIpc) is 2.77. The zero-order chi connectivity index (χ0) is 14.3. The van der Waals surface area contributed by atoms with Gasteiger partial charge in [0.25, 0.3) is 0 Å². The largest absolute Gasteiger partial charge is 0.308 e. The smallest absolute Gasteiger partial charge is 0.160 e. The Labute approximate surface area is 129 Å². The van der Waals surface area contributed by atoms with E-state index in [1.165, 1.54) is 25.7 Å². The van der Waals surface area contributed by atoms with Gasteiger partial charge in [-0.15, -0.1) is 11.6 Å². The van der Waals surface area contributed by atoms with Crippen LogP contribution in [0.4, 0.5) is 0 Å². The van der Waals surface area contributed by atoms with Crippen LogP contribution < -0.4 is 0 Å². The Balaban J connectivity index is 2.13. The molecule has 0 saturated heterocycles. The van der Waals surface area contributed by atoms with Crippen molar-refractivity contribution in [3.63, 3.8) is 0 Å². The highest BCUT2D eigenvalue weighted by atomic mass is 35.5. The van der Waals surface area contributed by atoms with Crippen LogP contribution in [0.2, 0.25) is 5.02 Å². The Hall–Kier alpha value is -0.800. The van der Waals surface area contributed by atoms with Gasteiger partial charge < -0.3 is 4.57 Å². The minimum Gasteiger partial charge on any atom is -0.308 e. The highest BCUT2D eigenvalue weighted by Gasteiger charge is 2.26. The van der Waals surface area contributed by atoms with Gasteiger partial charge in [-0.3, -0.25) is 0 Å². The topological polar surface area (TPSA) is 30.7 Å². The number of rotatable bonds is 2. The van der Waals surface area contributed by atoms with Crippen LogP contribution in [-0.2, 0) is 0 Å². The van der Waals surface area contributed by atoms with E-state index in [1.54, 1.807) is 6.20 Å². The number of aromatic nitrogens is 3. The summed E-state index contributed by atoms with van der Waals surface area (Å²) in [4.78, 5) is 9.15. The zero-order valence-electron chi connectivity index (χ0n) is 11.8. The highest BCUT2D eigenvalue weighted by molar-refractivity contribution is 6.31. The molecule has 0 amide bonds. The van der Waals surface area contributed by atoms with Crippen LogP contribution in [0.5, 0.6) is 0 Å². The summed E-state index contributed by atoms with van der Waals surface area (Å²) in [5.74, 6) is 1.66. The van der Waals surface area contributed by atoms with Crippen molar-refractivity contribution in [2.45, 2.75) is 50.9 Å².